The maximum atomic E-state index is 12.4. The Kier molecular flexibility index (Phi) is 5.18. The number of rotatable bonds is 6. The van der Waals surface area contributed by atoms with Gasteiger partial charge in [-0.05, 0) is 43.2 Å². The van der Waals surface area contributed by atoms with E-state index in [0.717, 1.165) is 16.9 Å². The molecule has 1 aliphatic heterocycles. The second-order valence-corrected chi connectivity index (χ2v) is 8.11. The molecule has 0 radical (unpaired) electrons. The first kappa shape index (κ1) is 18.9. The van der Waals surface area contributed by atoms with Gasteiger partial charge in [0, 0.05) is 0 Å². The van der Waals surface area contributed by atoms with E-state index in [1.54, 1.807) is 6.07 Å². The molecule has 1 N–H and O–H groups in total. The molecule has 0 saturated carbocycles. The Labute approximate surface area is 158 Å². The number of hydrogen-bond donors (Lipinski definition) is 1. The van der Waals surface area contributed by atoms with E-state index in [1.165, 1.54) is 18.2 Å². The summed E-state index contributed by atoms with van der Waals surface area (Å²) in [5.74, 6) is -0.520. The summed E-state index contributed by atoms with van der Waals surface area (Å²) in [7, 11) is -3.98. The third-order valence-electron chi connectivity index (χ3n) is 4.22. The molecule has 8 heteroatoms. The van der Waals surface area contributed by atoms with Gasteiger partial charge in [0.2, 0.25) is 5.91 Å². The summed E-state index contributed by atoms with van der Waals surface area (Å²) in [6, 6.07) is 11.8. The number of nitrogens with zero attached hydrogens (tertiary/aromatic N) is 1. The Morgan fingerprint density at radius 3 is 2.63 bits per heavy atom. The highest BCUT2D eigenvalue weighted by molar-refractivity contribution is 7.90. The van der Waals surface area contributed by atoms with E-state index in [2.05, 4.69) is 5.32 Å². The maximum Gasteiger partial charge on any atom is 0.269 e. The van der Waals surface area contributed by atoms with Crippen molar-refractivity contribution in [3.63, 3.8) is 0 Å². The highest BCUT2D eigenvalue weighted by atomic mass is 32.2. The fraction of sp³-hybridized carbons (Fsp3) is 0.263. The molecule has 1 aliphatic rings. The molecule has 2 amide bonds. The minimum atomic E-state index is -3.98. The second-order valence-electron chi connectivity index (χ2n) is 6.28. The fourth-order valence-electron chi connectivity index (χ4n) is 2.79. The zero-order chi connectivity index (χ0) is 19.6. The van der Waals surface area contributed by atoms with E-state index >= 15 is 0 Å². The maximum absolute atomic E-state index is 12.4. The third kappa shape index (κ3) is 3.80. The zero-order valence-electron chi connectivity index (χ0n) is 15.1. The Balaban J connectivity index is 1.54. The van der Waals surface area contributed by atoms with Gasteiger partial charge in [-0.25, -0.2) is 12.7 Å². The molecule has 0 aliphatic carbocycles. The molecule has 2 aromatic rings. The van der Waals surface area contributed by atoms with Crippen molar-refractivity contribution in [3.8, 4) is 5.75 Å². The van der Waals surface area contributed by atoms with Crippen molar-refractivity contribution >= 4 is 21.8 Å². The molecule has 0 spiro atoms. The molecule has 3 rings (SSSR count). The largest absolute Gasteiger partial charge is 0.491 e. The summed E-state index contributed by atoms with van der Waals surface area (Å²) >= 11 is 0. The lowest BCUT2D eigenvalue weighted by molar-refractivity contribution is -0.121. The van der Waals surface area contributed by atoms with Crippen molar-refractivity contribution in [2.45, 2.75) is 18.7 Å². The topological polar surface area (TPSA) is 92.8 Å². The Morgan fingerprint density at radius 1 is 1.15 bits per heavy atom. The number of ether oxygens (including phenoxy) is 1. The van der Waals surface area contributed by atoms with E-state index < -0.39 is 28.4 Å². The molecule has 0 fully saturated rings. The van der Waals surface area contributed by atoms with Crippen LogP contribution in [-0.4, -0.2) is 44.2 Å². The number of nitrogens with one attached hydrogen (secondary N) is 1. The Bertz CT molecular complexity index is 1000. The molecular formula is C19H20N2O5S. The lowest BCUT2D eigenvalue weighted by atomic mass is 10.1. The summed E-state index contributed by atoms with van der Waals surface area (Å²) in [6.07, 6.45) is 0. The first-order valence-corrected chi connectivity index (χ1v) is 9.87. The first-order chi connectivity index (χ1) is 12.8. The van der Waals surface area contributed by atoms with Gasteiger partial charge in [-0.1, -0.05) is 24.3 Å². The van der Waals surface area contributed by atoms with Crippen LogP contribution >= 0.6 is 0 Å². The van der Waals surface area contributed by atoms with Gasteiger partial charge < -0.3 is 10.1 Å². The van der Waals surface area contributed by atoms with Crippen LogP contribution in [0.4, 0.5) is 0 Å². The van der Waals surface area contributed by atoms with Crippen molar-refractivity contribution in [1.29, 1.82) is 0 Å². The molecule has 0 aromatic heterocycles. The number of benzene rings is 2. The van der Waals surface area contributed by atoms with E-state index in [9.17, 15) is 18.0 Å². The number of aryl methyl sites for hydroxylation is 2. The van der Waals surface area contributed by atoms with Crippen molar-refractivity contribution in [1.82, 2.24) is 9.62 Å². The number of carbonyl (C=O) groups is 2. The molecule has 0 unspecified atom stereocenters. The van der Waals surface area contributed by atoms with Crippen LogP contribution in [0.3, 0.4) is 0 Å². The van der Waals surface area contributed by atoms with E-state index in [-0.39, 0.29) is 23.6 Å². The van der Waals surface area contributed by atoms with Crippen LogP contribution in [0.2, 0.25) is 0 Å². The lowest BCUT2D eigenvalue weighted by Crippen LogP contribution is -2.41. The van der Waals surface area contributed by atoms with Crippen LogP contribution in [0.5, 0.6) is 5.75 Å². The summed E-state index contributed by atoms with van der Waals surface area (Å²) in [5, 5.41) is 2.58. The normalized spacial score (nSPS) is 14.7. The van der Waals surface area contributed by atoms with Crippen LogP contribution in [0.1, 0.15) is 21.5 Å². The average molecular weight is 388 g/mol. The predicted octanol–water partition coefficient (Wildman–Crippen LogP) is 1.64. The van der Waals surface area contributed by atoms with Crippen molar-refractivity contribution in [3.05, 3.63) is 59.2 Å². The molecule has 27 heavy (non-hydrogen) atoms. The highest BCUT2D eigenvalue weighted by Crippen LogP contribution is 2.29. The molecule has 142 valence electrons. The van der Waals surface area contributed by atoms with Crippen LogP contribution in [-0.2, 0) is 14.8 Å². The van der Waals surface area contributed by atoms with Gasteiger partial charge in [0.25, 0.3) is 15.9 Å². The van der Waals surface area contributed by atoms with Crippen molar-refractivity contribution in [2.75, 3.05) is 19.7 Å². The third-order valence-corrected chi connectivity index (χ3v) is 6.01. The molecular weight excluding hydrogens is 368 g/mol. The summed E-state index contributed by atoms with van der Waals surface area (Å²) in [6.45, 7) is 3.76. The van der Waals surface area contributed by atoms with Gasteiger partial charge in [-0.15, -0.1) is 0 Å². The summed E-state index contributed by atoms with van der Waals surface area (Å²) in [5.41, 5.74) is 2.14. The minimum absolute atomic E-state index is 0.0685. The monoisotopic (exact) mass is 388 g/mol. The smallest absolute Gasteiger partial charge is 0.269 e. The molecule has 0 atom stereocenters. The second kappa shape index (κ2) is 7.40. The van der Waals surface area contributed by atoms with E-state index in [4.69, 9.17) is 4.74 Å². The van der Waals surface area contributed by atoms with Gasteiger partial charge in [0.15, 0.2) is 0 Å². The summed E-state index contributed by atoms with van der Waals surface area (Å²) < 4.78 is 31.1. The van der Waals surface area contributed by atoms with Gasteiger partial charge in [-0.3, -0.25) is 9.59 Å². The molecule has 2 aromatic carbocycles. The Morgan fingerprint density at radius 2 is 1.89 bits per heavy atom. The molecule has 1 heterocycles. The van der Waals surface area contributed by atoms with Gasteiger partial charge in [0.1, 0.15) is 23.8 Å². The number of fused-ring (bicyclic) bond motifs is 1. The number of amides is 2. The van der Waals surface area contributed by atoms with Crippen LogP contribution in [0, 0.1) is 13.8 Å². The number of hydrogen-bond acceptors (Lipinski definition) is 5. The minimum Gasteiger partial charge on any atom is -0.491 e. The molecule has 0 bridgehead atoms. The quantitative estimate of drug-likeness (QED) is 0.760. The summed E-state index contributed by atoms with van der Waals surface area (Å²) in [4.78, 5) is 24.3. The van der Waals surface area contributed by atoms with E-state index in [0.29, 0.717) is 4.31 Å². The van der Waals surface area contributed by atoms with Crippen molar-refractivity contribution < 1.29 is 22.7 Å². The molecule has 7 nitrogen and oxygen atoms in total. The van der Waals surface area contributed by atoms with Crippen LogP contribution < -0.4 is 10.1 Å². The fourth-order valence-corrected chi connectivity index (χ4v) is 4.31. The zero-order valence-corrected chi connectivity index (χ0v) is 15.9. The molecule has 0 saturated heterocycles. The standard InChI is InChI=1S/C19H20N2O5S/c1-13-7-8-14(2)16(11-13)26-10-9-20-18(22)12-21-19(23)15-5-3-4-6-17(15)27(21,24)25/h3-8,11H,9-10,12H2,1-2H3,(H,20,22). The van der Waals surface area contributed by atoms with E-state index in [1.807, 2.05) is 32.0 Å². The highest BCUT2D eigenvalue weighted by Gasteiger charge is 2.41. The SMILES string of the molecule is Cc1ccc(C)c(OCCNC(=O)CN2C(=O)c3ccccc3S2(=O)=O)c1. The average Bonchev–Trinajstić information content (AvgIpc) is 2.83. The number of sulfonamides is 1. The first-order valence-electron chi connectivity index (χ1n) is 8.43. The lowest BCUT2D eigenvalue weighted by Gasteiger charge is -2.15. The van der Waals surface area contributed by atoms with Gasteiger partial charge >= 0.3 is 0 Å². The van der Waals surface area contributed by atoms with Gasteiger partial charge in [0.05, 0.1) is 12.1 Å². The van der Waals surface area contributed by atoms with Gasteiger partial charge in [-0.2, -0.15) is 0 Å². The van der Waals surface area contributed by atoms with Crippen LogP contribution in [0.25, 0.3) is 0 Å². The predicted molar refractivity (Wildman–Crippen MR) is 99.1 cm³/mol. The number of carbonyl (C=O) groups excluding carboxylic acids is 2. The van der Waals surface area contributed by atoms with Crippen molar-refractivity contribution in [2.24, 2.45) is 0 Å². The van der Waals surface area contributed by atoms with Crippen LogP contribution in [0.15, 0.2) is 47.4 Å². The Hall–Kier alpha value is -2.87.